The van der Waals surface area contributed by atoms with Crippen molar-refractivity contribution in [3.05, 3.63) is 40.0 Å². The van der Waals surface area contributed by atoms with Crippen molar-refractivity contribution in [3.8, 4) is 11.8 Å². The van der Waals surface area contributed by atoms with Gasteiger partial charge >= 0.3 is 0 Å². The summed E-state index contributed by atoms with van der Waals surface area (Å²) >= 11 is 11.7. The first-order valence-corrected chi connectivity index (χ1v) is 6.56. The fourth-order valence-corrected chi connectivity index (χ4v) is 2.03. The van der Waals surface area contributed by atoms with Gasteiger partial charge in [-0.15, -0.1) is 0 Å². The number of hydrogen-bond acceptors (Lipinski definition) is 4. The van der Waals surface area contributed by atoms with Crippen LogP contribution < -0.4 is 10.1 Å². The molecule has 0 saturated carbocycles. The lowest BCUT2D eigenvalue weighted by Gasteiger charge is -2.09. The molecule has 6 nitrogen and oxygen atoms in total. The third-order valence-corrected chi connectivity index (χ3v) is 3.10. The van der Waals surface area contributed by atoms with Gasteiger partial charge in [0.25, 0.3) is 5.91 Å². The Morgan fingerprint density at radius 1 is 1.52 bits per heavy atom. The molecule has 0 radical (unpaired) electrons. The average molecular weight is 325 g/mol. The second-order valence-electron chi connectivity index (χ2n) is 4.05. The molecule has 0 bridgehead atoms. The van der Waals surface area contributed by atoms with Crippen molar-refractivity contribution in [1.82, 2.24) is 9.78 Å². The fraction of sp³-hybridized carbons (Fsp3) is 0.154. The maximum absolute atomic E-state index is 11.8. The third-order valence-electron chi connectivity index (χ3n) is 2.57. The Balaban J connectivity index is 1.99. The molecular weight excluding hydrogens is 315 g/mol. The van der Waals surface area contributed by atoms with Crippen LogP contribution in [0, 0.1) is 11.3 Å². The standard InChI is InChI=1S/C13H10Cl2N4O2/c1-19-13(8(5-16)6-17-19)18-12(20)7-21-11-3-2-9(14)4-10(11)15/h2-4,6H,7H2,1H3,(H,18,20). The summed E-state index contributed by atoms with van der Waals surface area (Å²) in [6.45, 7) is -0.253. The number of nitrogens with zero attached hydrogens (tertiary/aromatic N) is 3. The van der Waals surface area contributed by atoms with Crippen LogP contribution in [-0.4, -0.2) is 22.3 Å². The Labute approximate surface area is 130 Å². The van der Waals surface area contributed by atoms with Crippen LogP contribution in [0.15, 0.2) is 24.4 Å². The zero-order chi connectivity index (χ0) is 15.4. The lowest BCUT2D eigenvalue weighted by atomic mass is 10.3. The molecule has 0 aliphatic carbocycles. The normalized spacial score (nSPS) is 10.0. The number of halogens is 2. The first-order chi connectivity index (χ1) is 10.0. The number of hydrogen-bond donors (Lipinski definition) is 1. The topological polar surface area (TPSA) is 79.9 Å². The highest BCUT2D eigenvalue weighted by Gasteiger charge is 2.12. The zero-order valence-corrected chi connectivity index (χ0v) is 12.4. The van der Waals surface area contributed by atoms with Crippen LogP contribution in [0.25, 0.3) is 0 Å². The number of nitrogens with one attached hydrogen (secondary N) is 1. The summed E-state index contributed by atoms with van der Waals surface area (Å²) in [6, 6.07) is 6.63. The Hall–Kier alpha value is -2.23. The Morgan fingerprint density at radius 3 is 2.95 bits per heavy atom. The molecular formula is C13H10Cl2N4O2. The molecule has 0 fully saturated rings. The molecule has 1 aromatic carbocycles. The van der Waals surface area contributed by atoms with E-state index in [4.69, 9.17) is 33.2 Å². The number of benzene rings is 1. The van der Waals surface area contributed by atoms with Crippen molar-refractivity contribution in [1.29, 1.82) is 5.26 Å². The first kappa shape index (κ1) is 15.2. The first-order valence-electron chi connectivity index (χ1n) is 5.81. The van der Waals surface area contributed by atoms with E-state index in [0.29, 0.717) is 21.6 Å². The average Bonchev–Trinajstić information content (AvgIpc) is 2.78. The van der Waals surface area contributed by atoms with Gasteiger partial charge in [-0.3, -0.25) is 9.48 Å². The van der Waals surface area contributed by atoms with Crippen molar-refractivity contribution in [3.63, 3.8) is 0 Å². The highest BCUT2D eigenvalue weighted by molar-refractivity contribution is 6.35. The molecule has 2 rings (SSSR count). The number of carbonyl (C=O) groups excluding carboxylic acids is 1. The smallest absolute Gasteiger partial charge is 0.263 e. The molecule has 2 aromatic rings. The maximum Gasteiger partial charge on any atom is 0.263 e. The number of carbonyl (C=O) groups is 1. The van der Waals surface area contributed by atoms with Crippen molar-refractivity contribution < 1.29 is 9.53 Å². The van der Waals surface area contributed by atoms with Crippen LogP contribution in [0.5, 0.6) is 5.75 Å². The Bertz CT molecular complexity index is 721. The van der Waals surface area contributed by atoms with Gasteiger partial charge in [0.05, 0.1) is 11.2 Å². The molecule has 108 valence electrons. The van der Waals surface area contributed by atoms with Crippen LogP contribution in [0.4, 0.5) is 5.82 Å². The molecule has 1 N–H and O–H groups in total. The van der Waals surface area contributed by atoms with E-state index >= 15 is 0 Å². The van der Waals surface area contributed by atoms with Crippen molar-refractivity contribution >= 4 is 34.9 Å². The van der Waals surface area contributed by atoms with Gasteiger partial charge < -0.3 is 10.1 Å². The number of nitriles is 1. The molecule has 21 heavy (non-hydrogen) atoms. The number of rotatable bonds is 4. The molecule has 0 saturated heterocycles. The van der Waals surface area contributed by atoms with Crippen molar-refractivity contribution in [2.75, 3.05) is 11.9 Å². The van der Waals surface area contributed by atoms with Crippen LogP contribution in [-0.2, 0) is 11.8 Å². The van der Waals surface area contributed by atoms with E-state index in [1.165, 1.54) is 16.9 Å². The number of anilines is 1. The van der Waals surface area contributed by atoms with E-state index in [1.807, 2.05) is 6.07 Å². The number of ether oxygens (including phenoxy) is 1. The van der Waals surface area contributed by atoms with Gasteiger partial charge in [0.2, 0.25) is 0 Å². The van der Waals surface area contributed by atoms with Crippen LogP contribution in [0.3, 0.4) is 0 Å². The summed E-state index contributed by atoms with van der Waals surface area (Å²) in [6.07, 6.45) is 1.37. The molecule has 1 heterocycles. The summed E-state index contributed by atoms with van der Waals surface area (Å²) in [5.74, 6) is 0.233. The van der Waals surface area contributed by atoms with E-state index in [9.17, 15) is 4.79 Å². The molecule has 1 amide bonds. The molecule has 1 aromatic heterocycles. The minimum atomic E-state index is -0.430. The second-order valence-corrected chi connectivity index (χ2v) is 4.90. The lowest BCUT2D eigenvalue weighted by Crippen LogP contribution is -2.22. The van der Waals surface area contributed by atoms with E-state index in [-0.39, 0.29) is 12.2 Å². The van der Waals surface area contributed by atoms with E-state index < -0.39 is 5.91 Å². The quantitative estimate of drug-likeness (QED) is 0.937. The summed E-state index contributed by atoms with van der Waals surface area (Å²) in [7, 11) is 1.62. The van der Waals surface area contributed by atoms with Crippen molar-refractivity contribution in [2.45, 2.75) is 0 Å². The van der Waals surface area contributed by atoms with Gasteiger partial charge in [-0.2, -0.15) is 10.4 Å². The van der Waals surface area contributed by atoms with E-state index in [1.54, 1.807) is 19.2 Å². The fourth-order valence-electron chi connectivity index (χ4n) is 1.57. The Morgan fingerprint density at radius 2 is 2.29 bits per heavy atom. The largest absolute Gasteiger partial charge is 0.482 e. The predicted molar refractivity (Wildman–Crippen MR) is 78.5 cm³/mol. The zero-order valence-electron chi connectivity index (χ0n) is 10.9. The lowest BCUT2D eigenvalue weighted by molar-refractivity contribution is -0.118. The molecule has 0 aliphatic rings. The summed E-state index contributed by atoms with van der Waals surface area (Å²) in [4.78, 5) is 11.8. The van der Waals surface area contributed by atoms with Crippen LogP contribution >= 0.6 is 23.2 Å². The van der Waals surface area contributed by atoms with E-state index in [2.05, 4.69) is 10.4 Å². The number of amides is 1. The summed E-state index contributed by atoms with van der Waals surface area (Å²) in [5.41, 5.74) is 0.273. The monoisotopic (exact) mass is 324 g/mol. The van der Waals surface area contributed by atoms with Crippen molar-refractivity contribution in [2.24, 2.45) is 7.05 Å². The molecule has 0 unspecified atom stereocenters. The number of aryl methyl sites for hydroxylation is 1. The SMILES string of the molecule is Cn1ncc(C#N)c1NC(=O)COc1ccc(Cl)cc1Cl. The minimum Gasteiger partial charge on any atom is -0.482 e. The highest BCUT2D eigenvalue weighted by atomic mass is 35.5. The van der Waals surface area contributed by atoms with Crippen LogP contribution in [0.2, 0.25) is 10.0 Å². The van der Waals surface area contributed by atoms with Gasteiger partial charge in [-0.1, -0.05) is 23.2 Å². The maximum atomic E-state index is 11.8. The molecule has 0 atom stereocenters. The highest BCUT2D eigenvalue weighted by Crippen LogP contribution is 2.27. The van der Waals surface area contributed by atoms with Crippen LogP contribution in [0.1, 0.15) is 5.56 Å². The molecule has 0 spiro atoms. The van der Waals surface area contributed by atoms with Gasteiger partial charge in [-0.25, -0.2) is 0 Å². The molecule has 8 heteroatoms. The number of aromatic nitrogens is 2. The minimum absolute atomic E-state index is 0.253. The van der Waals surface area contributed by atoms with Gasteiger partial charge in [0, 0.05) is 12.1 Å². The van der Waals surface area contributed by atoms with Gasteiger partial charge in [0.15, 0.2) is 6.61 Å². The van der Waals surface area contributed by atoms with Gasteiger partial charge in [0.1, 0.15) is 23.2 Å². The third kappa shape index (κ3) is 3.66. The van der Waals surface area contributed by atoms with Gasteiger partial charge in [-0.05, 0) is 18.2 Å². The summed E-state index contributed by atoms with van der Waals surface area (Å²) < 4.78 is 6.70. The summed E-state index contributed by atoms with van der Waals surface area (Å²) in [5, 5.41) is 16.1. The predicted octanol–water partition coefficient (Wildman–Crippen LogP) is 2.62. The van der Waals surface area contributed by atoms with E-state index in [0.717, 1.165) is 0 Å². The second kappa shape index (κ2) is 6.48. The Kier molecular flexibility index (Phi) is 4.68. The molecule has 0 aliphatic heterocycles.